The molecule has 3 aliphatic rings. The molecule has 1 spiro atoms. The van der Waals surface area contributed by atoms with Gasteiger partial charge in [-0.1, -0.05) is 18.2 Å². The number of aromatic nitrogens is 4. The molecule has 3 aliphatic heterocycles. The third-order valence-corrected chi connectivity index (χ3v) is 7.39. The third-order valence-electron chi connectivity index (χ3n) is 7.39. The third kappa shape index (κ3) is 3.50. The van der Waals surface area contributed by atoms with E-state index in [1.807, 2.05) is 41.0 Å². The lowest BCUT2D eigenvalue weighted by Crippen LogP contribution is -2.43. The zero-order valence-electron chi connectivity index (χ0n) is 18.5. The van der Waals surface area contributed by atoms with Crippen molar-refractivity contribution in [3.8, 4) is 0 Å². The normalized spacial score (nSPS) is 18.8. The molecular weight excluding hydrogens is 416 g/mol. The van der Waals surface area contributed by atoms with Gasteiger partial charge in [-0.25, -0.2) is 15.0 Å². The van der Waals surface area contributed by atoms with Gasteiger partial charge in [-0.15, -0.1) is 0 Å². The summed E-state index contributed by atoms with van der Waals surface area (Å²) in [6, 6.07) is 11.1. The van der Waals surface area contributed by atoms with Gasteiger partial charge >= 0.3 is 0 Å². The van der Waals surface area contributed by atoms with Crippen molar-refractivity contribution in [1.82, 2.24) is 24.4 Å². The number of fused-ring (bicyclic) bond motifs is 2. The molecule has 2 aromatic heterocycles. The summed E-state index contributed by atoms with van der Waals surface area (Å²) in [7, 11) is 0. The summed E-state index contributed by atoms with van der Waals surface area (Å²) >= 11 is 0. The zero-order chi connectivity index (χ0) is 22.4. The van der Waals surface area contributed by atoms with E-state index in [9.17, 15) is 9.59 Å². The lowest BCUT2D eigenvalue weighted by atomic mass is 9.77. The van der Waals surface area contributed by atoms with Crippen LogP contribution in [0.4, 0.5) is 5.95 Å². The van der Waals surface area contributed by atoms with Crippen LogP contribution in [0.3, 0.4) is 0 Å². The van der Waals surface area contributed by atoms with Crippen LogP contribution in [0.15, 0.2) is 53.6 Å². The van der Waals surface area contributed by atoms with Crippen LogP contribution >= 0.6 is 0 Å². The van der Waals surface area contributed by atoms with E-state index < -0.39 is 0 Å². The van der Waals surface area contributed by atoms with Crippen LogP contribution in [-0.2, 0) is 25.9 Å². The number of amides is 1. The van der Waals surface area contributed by atoms with Crippen molar-refractivity contribution >= 4 is 11.9 Å². The molecule has 33 heavy (non-hydrogen) atoms. The van der Waals surface area contributed by atoms with Gasteiger partial charge in [0.1, 0.15) is 5.82 Å². The van der Waals surface area contributed by atoms with Crippen LogP contribution in [0.2, 0.25) is 0 Å². The van der Waals surface area contributed by atoms with E-state index in [-0.39, 0.29) is 16.9 Å². The Labute approximate surface area is 191 Å². The molecule has 6 rings (SSSR count). The number of hydrogen-bond acceptors (Lipinski definition) is 6. The maximum atomic E-state index is 13.5. The topological polar surface area (TPSA) is 84.2 Å². The predicted octanol–water partition coefficient (Wildman–Crippen LogP) is 2.07. The average molecular weight is 443 g/mol. The highest BCUT2D eigenvalue weighted by Crippen LogP contribution is 2.41. The SMILES string of the molecule is O=C(c1ccccc1)N1CCc2nc3n(c(=O)c2C1)CC1(CCN(c2ncccn2)CC1)C3. The molecule has 1 saturated heterocycles. The minimum absolute atomic E-state index is 0.0295. The molecule has 0 aliphatic carbocycles. The Bertz CT molecular complexity index is 1250. The summed E-state index contributed by atoms with van der Waals surface area (Å²) < 4.78 is 1.88. The van der Waals surface area contributed by atoms with Crippen molar-refractivity contribution in [2.75, 3.05) is 24.5 Å². The van der Waals surface area contributed by atoms with Gasteiger partial charge in [-0.05, 0) is 36.5 Å². The van der Waals surface area contributed by atoms with Crippen LogP contribution in [0.1, 0.15) is 40.3 Å². The van der Waals surface area contributed by atoms with E-state index >= 15 is 0 Å². The largest absolute Gasteiger partial charge is 0.341 e. The van der Waals surface area contributed by atoms with Crippen molar-refractivity contribution in [2.45, 2.75) is 38.8 Å². The standard InChI is InChI=1S/C25H26N6O2/c32-22(18-5-2-1-3-6-18)30-12-7-20-19(16-30)23(33)31-17-25(15-21(31)28-20)8-13-29(14-9-25)24-26-10-4-11-27-24/h1-6,10-11H,7-9,12-17H2. The quantitative estimate of drug-likeness (QED) is 0.604. The number of carbonyl (C=O) groups is 1. The molecule has 0 saturated carbocycles. The maximum absolute atomic E-state index is 13.5. The monoisotopic (exact) mass is 442 g/mol. The first-order chi connectivity index (χ1) is 16.1. The molecule has 0 unspecified atom stereocenters. The highest BCUT2D eigenvalue weighted by Gasteiger charge is 2.42. The molecule has 0 N–H and O–H groups in total. The van der Waals surface area contributed by atoms with Crippen molar-refractivity contribution in [1.29, 1.82) is 0 Å². The molecule has 0 radical (unpaired) electrons. The van der Waals surface area contributed by atoms with E-state index in [4.69, 9.17) is 4.98 Å². The number of rotatable bonds is 2. The van der Waals surface area contributed by atoms with E-state index in [1.165, 1.54) is 0 Å². The molecule has 8 nitrogen and oxygen atoms in total. The molecular formula is C25H26N6O2. The maximum Gasteiger partial charge on any atom is 0.258 e. The smallest absolute Gasteiger partial charge is 0.258 e. The molecule has 0 atom stereocenters. The zero-order valence-corrected chi connectivity index (χ0v) is 18.5. The van der Waals surface area contributed by atoms with Gasteiger partial charge in [0, 0.05) is 57.0 Å². The van der Waals surface area contributed by atoms with Crippen molar-refractivity contribution in [2.24, 2.45) is 5.41 Å². The lowest BCUT2D eigenvalue weighted by molar-refractivity contribution is 0.0732. The van der Waals surface area contributed by atoms with Crippen LogP contribution in [-0.4, -0.2) is 50.0 Å². The van der Waals surface area contributed by atoms with E-state index in [0.29, 0.717) is 37.2 Å². The van der Waals surface area contributed by atoms with Gasteiger partial charge in [0.2, 0.25) is 5.95 Å². The molecule has 8 heteroatoms. The summed E-state index contributed by atoms with van der Waals surface area (Å²) in [5.74, 6) is 1.65. The Balaban J connectivity index is 1.21. The van der Waals surface area contributed by atoms with Crippen LogP contribution in [0, 0.1) is 5.41 Å². The van der Waals surface area contributed by atoms with Gasteiger partial charge in [0.05, 0.1) is 17.8 Å². The highest BCUT2D eigenvalue weighted by atomic mass is 16.2. The molecule has 3 aromatic rings. The second-order valence-corrected chi connectivity index (χ2v) is 9.40. The Morgan fingerprint density at radius 3 is 2.48 bits per heavy atom. The minimum atomic E-state index is -0.0295. The molecule has 1 fully saturated rings. The Morgan fingerprint density at radius 1 is 0.970 bits per heavy atom. The van der Waals surface area contributed by atoms with Gasteiger partial charge in [-0.3, -0.25) is 14.2 Å². The fraction of sp³-hybridized carbons (Fsp3) is 0.400. The number of hydrogen-bond donors (Lipinski definition) is 0. The molecule has 0 bridgehead atoms. The fourth-order valence-electron chi connectivity index (χ4n) is 5.50. The van der Waals surface area contributed by atoms with Crippen molar-refractivity contribution in [3.63, 3.8) is 0 Å². The summed E-state index contributed by atoms with van der Waals surface area (Å²) in [5.41, 5.74) is 2.31. The summed E-state index contributed by atoms with van der Waals surface area (Å²) in [5, 5.41) is 0. The first-order valence-electron chi connectivity index (χ1n) is 11.6. The van der Waals surface area contributed by atoms with E-state index in [0.717, 1.165) is 49.8 Å². The number of benzene rings is 1. The summed E-state index contributed by atoms with van der Waals surface area (Å²) in [6.07, 6.45) is 6.99. The summed E-state index contributed by atoms with van der Waals surface area (Å²) in [6.45, 7) is 3.39. The second kappa shape index (κ2) is 7.79. The number of piperidine rings is 1. The van der Waals surface area contributed by atoms with E-state index in [2.05, 4.69) is 14.9 Å². The van der Waals surface area contributed by atoms with Crippen LogP contribution in [0.25, 0.3) is 0 Å². The second-order valence-electron chi connectivity index (χ2n) is 9.40. The van der Waals surface area contributed by atoms with Gasteiger partial charge in [0.25, 0.3) is 11.5 Å². The number of anilines is 1. The number of nitrogens with zero attached hydrogens (tertiary/aromatic N) is 6. The predicted molar refractivity (Wildman–Crippen MR) is 123 cm³/mol. The molecule has 1 amide bonds. The number of carbonyl (C=O) groups excluding carboxylic acids is 1. The first-order valence-corrected chi connectivity index (χ1v) is 11.6. The first kappa shape index (κ1) is 20.1. The van der Waals surface area contributed by atoms with Crippen molar-refractivity contribution in [3.05, 3.63) is 81.8 Å². The lowest BCUT2D eigenvalue weighted by Gasteiger charge is -2.38. The van der Waals surface area contributed by atoms with Crippen LogP contribution < -0.4 is 10.5 Å². The minimum Gasteiger partial charge on any atom is -0.341 e. The Morgan fingerprint density at radius 2 is 1.73 bits per heavy atom. The van der Waals surface area contributed by atoms with E-state index in [1.54, 1.807) is 17.3 Å². The van der Waals surface area contributed by atoms with Crippen LogP contribution in [0.5, 0.6) is 0 Å². The average Bonchev–Trinajstić information content (AvgIpc) is 3.23. The molecule has 1 aromatic carbocycles. The fourth-order valence-corrected chi connectivity index (χ4v) is 5.50. The van der Waals surface area contributed by atoms with Gasteiger partial charge in [-0.2, -0.15) is 0 Å². The Hall–Kier alpha value is -3.55. The summed E-state index contributed by atoms with van der Waals surface area (Å²) in [4.78, 5) is 44.1. The van der Waals surface area contributed by atoms with Gasteiger partial charge < -0.3 is 9.80 Å². The molecule has 168 valence electrons. The Kier molecular flexibility index (Phi) is 4.74. The van der Waals surface area contributed by atoms with Gasteiger partial charge in [0.15, 0.2) is 0 Å². The molecule has 5 heterocycles. The highest BCUT2D eigenvalue weighted by molar-refractivity contribution is 5.94. The van der Waals surface area contributed by atoms with Crippen molar-refractivity contribution < 1.29 is 4.79 Å².